The van der Waals surface area contributed by atoms with Gasteiger partial charge in [-0.1, -0.05) is 19.3 Å². The average molecular weight is 319 g/mol. The van der Waals surface area contributed by atoms with E-state index in [2.05, 4.69) is 10.3 Å². The molecule has 5 nitrogen and oxygen atoms in total. The fourth-order valence-electron chi connectivity index (χ4n) is 3.37. The maximum atomic E-state index is 14.4. The molecule has 1 aromatic carbocycles. The molecule has 23 heavy (non-hydrogen) atoms. The Balaban J connectivity index is 2.13. The number of aromatic amines is 1. The minimum absolute atomic E-state index is 0.130. The van der Waals surface area contributed by atoms with Gasteiger partial charge in [0, 0.05) is 12.1 Å². The van der Waals surface area contributed by atoms with Crippen LogP contribution < -0.4 is 16.6 Å². The highest BCUT2D eigenvalue weighted by molar-refractivity contribution is 5.82. The summed E-state index contributed by atoms with van der Waals surface area (Å²) in [5.41, 5.74) is -0.185. The van der Waals surface area contributed by atoms with Crippen LogP contribution in [0, 0.1) is 5.82 Å². The fraction of sp³-hybridized carbons (Fsp3) is 0.529. The van der Waals surface area contributed by atoms with Gasteiger partial charge in [0.05, 0.1) is 16.6 Å². The van der Waals surface area contributed by atoms with Crippen molar-refractivity contribution >= 4 is 16.6 Å². The van der Waals surface area contributed by atoms with Crippen LogP contribution in [-0.2, 0) is 0 Å². The number of halogens is 1. The summed E-state index contributed by atoms with van der Waals surface area (Å²) >= 11 is 0. The van der Waals surface area contributed by atoms with Crippen LogP contribution in [0.1, 0.15) is 52.0 Å². The van der Waals surface area contributed by atoms with E-state index in [0.717, 1.165) is 25.7 Å². The van der Waals surface area contributed by atoms with Crippen LogP contribution in [0.2, 0.25) is 0 Å². The van der Waals surface area contributed by atoms with Gasteiger partial charge >= 0.3 is 5.69 Å². The van der Waals surface area contributed by atoms with E-state index >= 15 is 0 Å². The number of benzene rings is 1. The smallest absolute Gasteiger partial charge is 0.329 e. The quantitative estimate of drug-likeness (QED) is 0.913. The van der Waals surface area contributed by atoms with Gasteiger partial charge in [0.2, 0.25) is 0 Å². The van der Waals surface area contributed by atoms with Gasteiger partial charge in [0.15, 0.2) is 0 Å². The molecule has 0 saturated heterocycles. The fourth-order valence-corrected chi connectivity index (χ4v) is 3.37. The van der Waals surface area contributed by atoms with Crippen LogP contribution in [-0.4, -0.2) is 15.6 Å². The predicted octanol–water partition coefficient (Wildman–Crippen LogP) is 3.15. The normalized spacial score (nSPS) is 16.2. The van der Waals surface area contributed by atoms with Gasteiger partial charge in [-0.3, -0.25) is 14.3 Å². The summed E-state index contributed by atoms with van der Waals surface area (Å²) in [4.78, 5) is 26.3. The highest BCUT2D eigenvalue weighted by atomic mass is 19.1. The first-order chi connectivity index (χ1) is 11.0. The van der Waals surface area contributed by atoms with Gasteiger partial charge in [-0.15, -0.1) is 0 Å². The molecule has 1 saturated carbocycles. The monoisotopic (exact) mass is 319 g/mol. The Morgan fingerprint density at radius 1 is 1.22 bits per heavy atom. The van der Waals surface area contributed by atoms with Crippen molar-refractivity contribution in [3.8, 4) is 0 Å². The number of hydrogen-bond acceptors (Lipinski definition) is 3. The third-order valence-electron chi connectivity index (χ3n) is 4.51. The van der Waals surface area contributed by atoms with Crippen molar-refractivity contribution in [3.05, 3.63) is 38.8 Å². The van der Waals surface area contributed by atoms with E-state index in [0.29, 0.717) is 11.2 Å². The van der Waals surface area contributed by atoms with Crippen LogP contribution in [0.25, 0.3) is 10.9 Å². The van der Waals surface area contributed by atoms with Crippen LogP contribution in [0.3, 0.4) is 0 Å². The van der Waals surface area contributed by atoms with Crippen molar-refractivity contribution < 1.29 is 4.39 Å². The average Bonchev–Trinajstić information content (AvgIpc) is 2.50. The molecule has 1 fully saturated rings. The maximum absolute atomic E-state index is 14.4. The Kier molecular flexibility index (Phi) is 4.24. The first-order valence-electron chi connectivity index (χ1n) is 8.22. The number of hydrogen-bond donors (Lipinski definition) is 2. The molecule has 0 amide bonds. The third-order valence-corrected chi connectivity index (χ3v) is 4.51. The van der Waals surface area contributed by atoms with E-state index in [9.17, 15) is 14.0 Å². The Labute approximate surface area is 133 Å². The van der Waals surface area contributed by atoms with Crippen molar-refractivity contribution in [2.45, 2.75) is 58.0 Å². The zero-order valence-corrected chi connectivity index (χ0v) is 13.5. The van der Waals surface area contributed by atoms with E-state index < -0.39 is 17.1 Å². The summed E-state index contributed by atoms with van der Waals surface area (Å²) < 4.78 is 15.9. The number of rotatable bonds is 3. The van der Waals surface area contributed by atoms with Gasteiger partial charge in [-0.2, -0.15) is 0 Å². The number of H-pyrrole nitrogens is 1. The lowest BCUT2D eigenvalue weighted by molar-refractivity contribution is 0.460. The number of aromatic nitrogens is 2. The lowest BCUT2D eigenvalue weighted by Crippen LogP contribution is -2.31. The molecule has 0 spiro atoms. The standard InChI is InChI=1S/C17H22FN3O2/c1-10(2)21-15-9-14(19-11-6-4-3-5-7-11)13(18)8-12(15)16(22)20-17(21)23/h8-11,19H,3-7H2,1-2H3,(H,20,22,23). The van der Waals surface area contributed by atoms with E-state index in [1.807, 2.05) is 13.8 Å². The van der Waals surface area contributed by atoms with E-state index in [4.69, 9.17) is 0 Å². The number of nitrogens with zero attached hydrogens (tertiary/aromatic N) is 1. The first-order valence-corrected chi connectivity index (χ1v) is 8.22. The second-order valence-electron chi connectivity index (χ2n) is 6.55. The van der Waals surface area contributed by atoms with E-state index in [1.54, 1.807) is 6.07 Å². The maximum Gasteiger partial charge on any atom is 0.329 e. The van der Waals surface area contributed by atoms with Gasteiger partial charge in [-0.25, -0.2) is 9.18 Å². The van der Waals surface area contributed by atoms with Crippen molar-refractivity contribution in [1.29, 1.82) is 0 Å². The van der Waals surface area contributed by atoms with Crippen LogP contribution in [0.15, 0.2) is 21.7 Å². The Hall–Kier alpha value is -2.11. The van der Waals surface area contributed by atoms with Gasteiger partial charge < -0.3 is 5.32 Å². The first kappa shape index (κ1) is 15.8. The zero-order chi connectivity index (χ0) is 16.6. The summed E-state index contributed by atoms with van der Waals surface area (Å²) in [6.45, 7) is 3.72. The molecular formula is C17H22FN3O2. The van der Waals surface area contributed by atoms with E-state index in [1.165, 1.54) is 17.1 Å². The molecule has 1 aliphatic carbocycles. The molecular weight excluding hydrogens is 297 g/mol. The highest BCUT2D eigenvalue weighted by Gasteiger charge is 2.18. The molecule has 0 unspecified atom stereocenters. The second-order valence-corrected chi connectivity index (χ2v) is 6.55. The highest BCUT2D eigenvalue weighted by Crippen LogP contribution is 2.26. The van der Waals surface area contributed by atoms with Crippen molar-refractivity contribution in [1.82, 2.24) is 9.55 Å². The minimum atomic E-state index is -0.551. The summed E-state index contributed by atoms with van der Waals surface area (Å²) in [6, 6.07) is 2.93. The molecule has 0 radical (unpaired) electrons. The van der Waals surface area contributed by atoms with Gasteiger partial charge in [-0.05, 0) is 38.8 Å². The summed E-state index contributed by atoms with van der Waals surface area (Å²) in [6.07, 6.45) is 5.54. The molecule has 6 heteroatoms. The molecule has 0 bridgehead atoms. The van der Waals surface area contributed by atoms with Gasteiger partial charge in [0.1, 0.15) is 5.82 Å². The number of nitrogens with one attached hydrogen (secondary N) is 2. The molecule has 1 aliphatic rings. The minimum Gasteiger partial charge on any atom is -0.380 e. The van der Waals surface area contributed by atoms with Crippen LogP contribution >= 0.6 is 0 Å². The predicted molar refractivity (Wildman–Crippen MR) is 89.7 cm³/mol. The van der Waals surface area contributed by atoms with Crippen molar-refractivity contribution in [3.63, 3.8) is 0 Å². The lowest BCUT2D eigenvalue weighted by atomic mass is 9.95. The Bertz CT molecular complexity index is 832. The van der Waals surface area contributed by atoms with Crippen molar-refractivity contribution in [2.24, 2.45) is 0 Å². The van der Waals surface area contributed by atoms with Crippen LogP contribution in [0.4, 0.5) is 10.1 Å². The van der Waals surface area contributed by atoms with E-state index in [-0.39, 0.29) is 17.5 Å². The van der Waals surface area contributed by atoms with Gasteiger partial charge in [0.25, 0.3) is 5.56 Å². The Morgan fingerprint density at radius 3 is 2.57 bits per heavy atom. The zero-order valence-electron chi connectivity index (χ0n) is 13.5. The molecule has 1 heterocycles. The summed E-state index contributed by atoms with van der Waals surface area (Å²) in [5, 5.41) is 3.44. The second kappa shape index (κ2) is 6.18. The molecule has 0 aliphatic heterocycles. The van der Waals surface area contributed by atoms with Crippen LogP contribution in [0.5, 0.6) is 0 Å². The molecule has 124 valence electrons. The Morgan fingerprint density at radius 2 is 1.91 bits per heavy atom. The molecule has 1 aromatic heterocycles. The number of anilines is 1. The SMILES string of the molecule is CC(C)n1c(=O)[nH]c(=O)c2cc(F)c(NC3CCCCC3)cc21. The largest absolute Gasteiger partial charge is 0.380 e. The molecule has 0 atom stereocenters. The number of fused-ring (bicyclic) bond motifs is 1. The molecule has 3 rings (SSSR count). The molecule has 2 aromatic rings. The summed E-state index contributed by atoms with van der Waals surface area (Å²) in [7, 11) is 0. The summed E-state index contributed by atoms with van der Waals surface area (Å²) in [5.74, 6) is -0.456. The molecule has 2 N–H and O–H groups in total. The third kappa shape index (κ3) is 3.02. The lowest BCUT2D eigenvalue weighted by Gasteiger charge is -2.24. The topological polar surface area (TPSA) is 66.9 Å². The van der Waals surface area contributed by atoms with Crippen molar-refractivity contribution in [2.75, 3.05) is 5.32 Å².